The maximum Gasteiger partial charge on any atom is 0.247 e. The number of carbonyl (C=O) groups is 1. The molecule has 0 aromatic carbocycles. The van der Waals surface area contributed by atoms with Crippen molar-refractivity contribution in [2.24, 2.45) is 0 Å². The van der Waals surface area contributed by atoms with E-state index in [9.17, 15) is 4.79 Å². The molecule has 2 nitrogen and oxygen atoms in total. The minimum Gasteiger partial charge on any atom is -0.368 e. The van der Waals surface area contributed by atoms with Crippen LogP contribution in [0.5, 0.6) is 0 Å². The van der Waals surface area contributed by atoms with Crippen molar-refractivity contribution in [3.63, 3.8) is 0 Å². The number of allylic oxidation sites excluding steroid dienone is 3. The van der Waals surface area contributed by atoms with Gasteiger partial charge >= 0.3 is 0 Å². The molecular weight excluding hydrogens is 212 g/mol. The largest absolute Gasteiger partial charge is 0.368 e. The summed E-state index contributed by atoms with van der Waals surface area (Å²) in [5.41, 5.74) is 2.61. The summed E-state index contributed by atoms with van der Waals surface area (Å²) in [6, 6.07) is 0. The summed E-state index contributed by atoms with van der Waals surface area (Å²) in [6.45, 7) is 6.69. The van der Waals surface area contributed by atoms with E-state index in [-0.39, 0.29) is 6.61 Å². The summed E-state index contributed by atoms with van der Waals surface area (Å²) in [5.74, 6) is 0. The third-order valence-corrected chi connectivity index (χ3v) is 1.97. The van der Waals surface area contributed by atoms with Crippen molar-refractivity contribution in [3.8, 4) is 0 Å². The zero-order chi connectivity index (χ0) is 11.7. The number of carbonyl (C=O) groups excluding carboxylic acids is 1. The first-order valence-electron chi connectivity index (χ1n) is 5.07. The van der Waals surface area contributed by atoms with Gasteiger partial charge in [0, 0.05) is 0 Å². The van der Waals surface area contributed by atoms with Crippen LogP contribution in [0.4, 0.5) is 0 Å². The molecule has 0 bridgehead atoms. The summed E-state index contributed by atoms with van der Waals surface area (Å²) >= 11 is 5.12. The zero-order valence-corrected chi connectivity index (χ0v) is 10.4. The molecule has 86 valence electrons. The second kappa shape index (κ2) is 8.69. The van der Waals surface area contributed by atoms with Crippen molar-refractivity contribution >= 4 is 16.8 Å². The van der Waals surface area contributed by atoms with Crippen molar-refractivity contribution in [2.75, 3.05) is 13.2 Å². The van der Waals surface area contributed by atoms with Gasteiger partial charge in [-0.3, -0.25) is 4.79 Å². The summed E-state index contributed by atoms with van der Waals surface area (Å²) in [4.78, 5) is 10.3. The van der Waals surface area contributed by atoms with E-state index in [4.69, 9.17) is 16.3 Å². The molecule has 0 heterocycles. The highest BCUT2D eigenvalue weighted by Gasteiger charge is 1.94. The van der Waals surface area contributed by atoms with Gasteiger partial charge in [0.2, 0.25) is 5.24 Å². The summed E-state index contributed by atoms with van der Waals surface area (Å²) < 4.78 is 5.02. The van der Waals surface area contributed by atoms with Crippen molar-refractivity contribution in [1.82, 2.24) is 0 Å². The summed E-state index contributed by atoms with van der Waals surface area (Å²) in [7, 11) is 0. The molecule has 0 radical (unpaired) electrons. The minimum atomic E-state index is -0.453. The maximum absolute atomic E-state index is 10.3. The van der Waals surface area contributed by atoms with Crippen LogP contribution in [0.2, 0.25) is 0 Å². The monoisotopic (exact) mass is 230 g/mol. The first kappa shape index (κ1) is 14.4. The Morgan fingerprint density at radius 2 is 1.93 bits per heavy atom. The van der Waals surface area contributed by atoms with E-state index in [1.54, 1.807) is 0 Å². The predicted octanol–water partition coefficient (Wildman–Crippen LogP) is 3.46. The molecule has 0 aliphatic carbocycles. The van der Waals surface area contributed by atoms with Crippen LogP contribution in [-0.4, -0.2) is 18.5 Å². The highest BCUT2D eigenvalue weighted by atomic mass is 35.5. The Morgan fingerprint density at radius 3 is 2.47 bits per heavy atom. The average molecular weight is 231 g/mol. The lowest BCUT2D eigenvalue weighted by atomic mass is 10.1. The molecular formula is C12H19ClO2. The maximum atomic E-state index is 10.3. The molecule has 0 aromatic rings. The summed E-state index contributed by atoms with van der Waals surface area (Å²) in [6.07, 6.45) is 6.28. The molecule has 0 amide bonds. The topological polar surface area (TPSA) is 26.3 Å². The third-order valence-electron chi connectivity index (χ3n) is 1.86. The molecule has 0 fully saturated rings. The van der Waals surface area contributed by atoms with Gasteiger partial charge in [-0.25, -0.2) is 0 Å². The van der Waals surface area contributed by atoms with Gasteiger partial charge < -0.3 is 4.74 Å². The van der Waals surface area contributed by atoms with Gasteiger partial charge in [-0.15, -0.1) is 0 Å². The Morgan fingerprint density at radius 1 is 1.27 bits per heavy atom. The van der Waals surface area contributed by atoms with Crippen LogP contribution in [-0.2, 0) is 9.53 Å². The minimum absolute atomic E-state index is 0.0146. The van der Waals surface area contributed by atoms with Crippen LogP contribution < -0.4 is 0 Å². The molecule has 3 heteroatoms. The molecule has 15 heavy (non-hydrogen) atoms. The molecule has 0 aliphatic heterocycles. The van der Waals surface area contributed by atoms with Crippen molar-refractivity contribution in [3.05, 3.63) is 23.3 Å². The van der Waals surface area contributed by atoms with Crippen LogP contribution in [0.1, 0.15) is 33.6 Å². The first-order chi connectivity index (χ1) is 7.02. The Labute approximate surface area is 97.0 Å². The van der Waals surface area contributed by atoms with Gasteiger partial charge in [0.15, 0.2) is 0 Å². The van der Waals surface area contributed by atoms with E-state index in [2.05, 4.69) is 26.8 Å². The Kier molecular flexibility index (Phi) is 8.34. The van der Waals surface area contributed by atoms with Crippen molar-refractivity contribution < 1.29 is 9.53 Å². The number of halogens is 1. The van der Waals surface area contributed by atoms with Gasteiger partial charge in [-0.1, -0.05) is 23.3 Å². The molecule has 0 saturated heterocycles. The number of hydrogen-bond donors (Lipinski definition) is 0. The molecule has 0 spiro atoms. The highest BCUT2D eigenvalue weighted by molar-refractivity contribution is 6.63. The molecule has 0 aliphatic rings. The third kappa shape index (κ3) is 11.3. The fourth-order valence-electron chi connectivity index (χ4n) is 1.03. The van der Waals surface area contributed by atoms with Gasteiger partial charge in [0.1, 0.15) is 6.61 Å². The lowest BCUT2D eigenvalue weighted by molar-refractivity contribution is -0.115. The number of rotatable bonds is 7. The van der Waals surface area contributed by atoms with E-state index in [0.29, 0.717) is 6.61 Å². The van der Waals surface area contributed by atoms with Gasteiger partial charge in [-0.05, 0) is 45.2 Å². The Balaban J connectivity index is 3.61. The molecule has 0 N–H and O–H groups in total. The Hall–Kier alpha value is -0.600. The molecule has 0 unspecified atom stereocenters. The SMILES string of the molecule is CC(C)=CCC/C(C)=C/COCC(=O)Cl. The smallest absolute Gasteiger partial charge is 0.247 e. The van der Waals surface area contributed by atoms with Gasteiger partial charge in [0.05, 0.1) is 6.61 Å². The second-order valence-electron chi connectivity index (χ2n) is 3.74. The van der Waals surface area contributed by atoms with E-state index in [1.165, 1.54) is 11.1 Å². The molecule has 0 aromatic heterocycles. The van der Waals surface area contributed by atoms with Crippen LogP contribution in [0, 0.1) is 0 Å². The van der Waals surface area contributed by atoms with Crippen molar-refractivity contribution in [2.45, 2.75) is 33.6 Å². The van der Waals surface area contributed by atoms with E-state index >= 15 is 0 Å². The van der Waals surface area contributed by atoms with Gasteiger partial charge in [0.25, 0.3) is 0 Å². The predicted molar refractivity (Wildman–Crippen MR) is 64.1 cm³/mol. The normalized spacial score (nSPS) is 11.3. The first-order valence-corrected chi connectivity index (χ1v) is 5.45. The van der Waals surface area contributed by atoms with Crippen LogP contribution in [0.3, 0.4) is 0 Å². The van der Waals surface area contributed by atoms with E-state index in [0.717, 1.165) is 12.8 Å². The lowest BCUT2D eigenvalue weighted by Gasteiger charge is -2.00. The zero-order valence-electron chi connectivity index (χ0n) is 9.68. The fraction of sp³-hybridized carbons (Fsp3) is 0.583. The lowest BCUT2D eigenvalue weighted by Crippen LogP contribution is -2.01. The standard InChI is InChI=1S/C12H19ClO2/c1-10(2)5-4-6-11(3)7-8-15-9-12(13)14/h5,7H,4,6,8-9H2,1-3H3/b11-7+. The van der Waals surface area contributed by atoms with Crippen LogP contribution in [0.25, 0.3) is 0 Å². The van der Waals surface area contributed by atoms with Gasteiger partial charge in [-0.2, -0.15) is 0 Å². The van der Waals surface area contributed by atoms with E-state index < -0.39 is 5.24 Å². The summed E-state index contributed by atoms with van der Waals surface area (Å²) in [5, 5.41) is -0.453. The Bertz CT molecular complexity index is 250. The molecule has 0 saturated carbocycles. The number of ether oxygens (including phenoxy) is 1. The van der Waals surface area contributed by atoms with Crippen LogP contribution >= 0.6 is 11.6 Å². The fourth-order valence-corrected chi connectivity index (χ4v) is 1.11. The highest BCUT2D eigenvalue weighted by Crippen LogP contribution is 2.06. The van der Waals surface area contributed by atoms with Crippen molar-refractivity contribution in [1.29, 1.82) is 0 Å². The molecule has 0 atom stereocenters. The van der Waals surface area contributed by atoms with Crippen LogP contribution in [0.15, 0.2) is 23.3 Å². The van der Waals surface area contributed by atoms with E-state index in [1.807, 2.05) is 6.08 Å². The molecule has 0 rings (SSSR count). The quantitative estimate of drug-likeness (QED) is 0.380. The number of hydrogen-bond acceptors (Lipinski definition) is 2. The average Bonchev–Trinajstić information content (AvgIpc) is 2.11. The second-order valence-corrected chi connectivity index (χ2v) is 4.16.